The molecule has 3 aromatic rings. The average molecular weight is 432 g/mol. The largest absolute Gasteiger partial charge is 0.325 e. The number of nitrogens with zero attached hydrogens (tertiary/aromatic N) is 2. The Bertz CT molecular complexity index is 1050. The van der Waals surface area contributed by atoms with Gasteiger partial charge in [-0.25, -0.2) is 9.97 Å². The maximum absolute atomic E-state index is 12.7. The van der Waals surface area contributed by atoms with Gasteiger partial charge in [-0.3, -0.25) is 4.79 Å². The number of amides is 1. The second kappa shape index (κ2) is 8.39. The molecule has 0 saturated heterocycles. The topological polar surface area (TPSA) is 54.9 Å². The minimum Gasteiger partial charge on any atom is -0.325 e. The van der Waals surface area contributed by atoms with Crippen molar-refractivity contribution in [3.8, 4) is 0 Å². The van der Waals surface area contributed by atoms with Crippen LogP contribution in [-0.4, -0.2) is 21.6 Å². The number of carbonyl (C=O) groups excluding carboxylic acids is 1. The van der Waals surface area contributed by atoms with Crippen LogP contribution in [0, 0.1) is 0 Å². The van der Waals surface area contributed by atoms with E-state index in [9.17, 15) is 4.79 Å². The number of nitrogens with one attached hydrogen (secondary N) is 1. The van der Waals surface area contributed by atoms with E-state index in [1.165, 1.54) is 28.6 Å². The summed E-state index contributed by atoms with van der Waals surface area (Å²) in [6, 6.07) is 3.91. The Morgan fingerprint density at radius 2 is 2.11 bits per heavy atom. The lowest BCUT2D eigenvalue weighted by atomic mass is 10.0. The number of aromatic nitrogens is 2. The van der Waals surface area contributed by atoms with E-state index in [4.69, 9.17) is 11.6 Å². The van der Waals surface area contributed by atoms with E-state index in [-0.39, 0.29) is 5.91 Å². The van der Waals surface area contributed by atoms with Gasteiger partial charge >= 0.3 is 0 Å². The first-order valence-corrected chi connectivity index (χ1v) is 11.8. The number of hydrogen-bond donors (Lipinski definition) is 1. The molecule has 0 aliphatic heterocycles. The molecule has 7 heteroatoms. The summed E-state index contributed by atoms with van der Waals surface area (Å²) in [5.41, 5.74) is 4.37. The molecule has 0 atom stereocenters. The zero-order chi connectivity index (χ0) is 19.7. The second-order valence-corrected chi connectivity index (χ2v) is 9.28. The molecule has 4 rings (SSSR count). The van der Waals surface area contributed by atoms with Crippen molar-refractivity contribution in [2.45, 2.75) is 51.0 Å². The van der Waals surface area contributed by atoms with Crippen LogP contribution in [0.5, 0.6) is 0 Å². The molecule has 1 aliphatic carbocycles. The van der Waals surface area contributed by atoms with Crippen LogP contribution in [-0.2, 0) is 30.5 Å². The highest BCUT2D eigenvalue weighted by Crippen LogP contribution is 2.40. The van der Waals surface area contributed by atoms with Gasteiger partial charge in [-0.05, 0) is 54.9 Å². The Hall–Kier alpha value is -1.63. The van der Waals surface area contributed by atoms with Crippen LogP contribution >= 0.6 is 34.7 Å². The summed E-state index contributed by atoms with van der Waals surface area (Å²) in [5, 5.41) is 5.87. The molecular weight excluding hydrogens is 410 g/mol. The van der Waals surface area contributed by atoms with Gasteiger partial charge in [0.25, 0.3) is 0 Å². The van der Waals surface area contributed by atoms with Crippen molar-refractivity contribution in [1.82, 2.24) is 9.97 Å². The van der Waals surface area contributed by atoms with Crippen molar-refractivity contribution in [2.24, 2.45) is 0 Å². The van der Waals surface area contributed by atoms with Crippen LogP contribution in [0.3, 0.4) is 0 Å². The van der Waals surface area contributed by atoms with Gasteiger partial charge in [-0.1, -0.05) is 43.3 Å². The van der Waals surface area contributed by atoms with Crippen LogP contribution < -0.4 is 5.32 Å². The number of benzene rings is 1. The van der Waals surface area contributed by atoms with Crippen molar-refractivity contribution < 1.29 is 4.79 Å². The number of fused-ring (bicyclic) bond motifs is 3. The highest BCUT2D eigenvalue weighted by atomic mass is 35.5. The molecule has 0 bridgehead atoms. The van der Waals surface area contributed by atoms with Gasteiger partial charge < -0.3 is 5.32 Å². The highest BCUT2D eigenvalue weighted by molar-refractivity contribution is 8.00. The van der Waals surface area contributed by atoms with E-state index in [0.29, 0.717) is 10.8 Å². The molecule has 1 N–H and O–H groups in total. The summed E-state index contributed by atoms with van der Waals surface area (Å²) < 4.78 is 0. The first-order valence-electron chi connectivity index (χ1n) is 9.60. The molecule has 0 saturated carbocycles. The zero-order valence-corrected chi connectivity index (χ0v) is 18.4. The summed E-state index contributed by atoms with van der Waals surface area (Å²) >= 11 is 9.61. The van der Waals surface area contributed by atoms with E-state index in [1.807, 2.05) is 12.1 Å². The fraction of sp³-hybridized carbons (Fsp3) is 0.381. The summed E-state index contributed by atoms with van der Waals surface area (Å²) in [6.07, 6.45) is 6.66. The van der Waals surface area contributed by atoms with E-state index >= 15 is 0 Å². The third-order valence-corrected chi connectivity index (χ3v) is 7.69. The Morgan fingerprint density at radius 1 is 1.25 bits per heavy atom. The number of thiophene rings is 1. The van der Waals surface area contributed by atoms with E-state index in [2.05, 4.69) is 29.1 Å². The Labute approximate surface area is 178 Å². The Balaban J connectivity index is 1.54. The quantitative estimate of drug-likeness (QED) is 0.402. The molecule has 0 fully saturated rings. The number of hydrogen-bond acceptors (Lipinski definition) is 5. The first-order chi connectivity index (χ1) is 13.6. The second-order valence-electron chi connectivity index (χ2n) is 6.82. The Morgan fingerprint density at radius 3 is 2.89 bits per heavy atom. The van der Waals surface area contributed by atoms with Gasteiger partial charge in [-0.2, -0.15) is 0 Å². The maximum atomic E-state index is 12.7. The molecule has 0 unspecified atom stereocenters. The predicted molar refractivity (Wildman–Crippen MR) is 119 cm³/mol. The van der Waals surface area contributed by atoms with Gasteiger partial charge in [0, 0.05) is 21.0 Å². The minimum absolute atomic E-state index is 0.0321. The lowest BCUT2D eigenvalue weighted by molar-refractivity contribution is -0.113. The number of thioether (sulfide) groups is 1. The van der Waals surface area contributed by atoms with Crippen molar-refractivity contribution in [3.05, 3.63) is 45.1 Å². The third-order valence-electron chi connectivity index (χ3n) is 5.15. The van der Waals surface area contributed by atoms with Crippen LogP contribution in [0.15, 0.2) is 23.5 Å². The number of anilines is 1. The first kappa shape index (κ1) is 19.7. The normalized spacial score (nSPS) is 13.1. The molecule has 146 valence electrons. The van der Waals surface area contributed by atoms with E-state index < -0.39 is 0 Å². The number of rotatable bonds is 6. The standard InChI is InChI=1S/C21H22ClN3OS2/c1-3-12-8-9-15(22)13(4-2)19(12)25-17(26)10-27-20-18-14-6-5-7-16(14)28-21(18)24-11-23-20/h8-9,11H,3-7,10H2,1-2H3,(H,25,26). The zero-order valence-electron chi connectivity index (χ0n) is 16.0. The molecule has 1 aromatic carbocycles. The molecule has 2 heterocycles. The molecular formula is C21H22ClN3OS2. The minimum atomic E-state index is -0.0321. The number of carbonyl (C=O) groups is 1. The van der Waals surface area contributed by atoms with Crippen molar-refractivity contribution in [1.29, 1.82) is 0 Å². The molecule has 28 heavy (non-hydrogen) atoms. The Kier molecular flexibility index (Phi) is 5.90. The van der Waals surface area contributed by atoms with Gasteiger partial charge in [0.15, 0.2) is 0 Å². The fourth-order valence-corrected chi connectivity index (χ4v) is 6.20. The molecule has 1 amide bonds. The number of aryl methyl sites for hydroxylation is 3. The molecule has 1 aliphatic rings. The summed E-state index contributed by atoms with van der Waals surface area (Å²) in [4.78, 5) is 24.1. The van der Waals surface area contributed by atoms with E-state index in [1.54, 1.807) is 17.7 Å². The monoisotopic (exact) mass is 431 g/mol. The van der Waals surface area contributed by atoms with Crippen molar-refractivity contribution in [3.63, 3.8) is 0 Å². The third kappa shape index (κ3) is 3.65. The predicted octanol–water partition coefficient (Wildman–Crippen LogP) is 5.69. The SMILES string of the molecule is CCc1ccc(Cl)c(CC)c1NC(=O)CSc1ncnc2sc3c(c12)CCC3. The van der Waals surface area contributed by atoms with Gasteiger partial charge in [0.2, 0.25) is 5.91 Å². The lowest BCUT2D eigenvalue weighted by Crippen LogP contribution is -2.17. The summed E-state index contributed by atoms with van der Waals surface area (Å²) in [6.45, 7) is 4.14. The van der Waals surface area contributed by atoms with Gasteiger partial charge in [0.1, 0.15) is 16.2 Å². The maximum Gasteiger partial charge on any atom is 0.234 e. The molecule has 2 aromatic heterocycles. The molecule has 4 nitrogen and oxygen atoms in total. The lowest BCUT2D eigenvalue weighted by Gasteiger charge is -2.16. The van der Waals surface area contributed by atoms with Crippen molar-refractivity contribution >= 4 is 56.5 Å². The summed E-state index contributed by atoms with van der Waals surface area (Å²) in [5.74, 6) is 0.283. The van der Waals surface area contributed by atoms with Crippen LogP contribution in [0.4, 0.5) is 5.69 Å². The van der Waals surface area contributed by atoms with Crippen molar-refractivity contribution in [2.75, 3.05) is 11.1 Å². The van der Waals surface area contributed by atoms with Crippen LogP contribution in [0.25, 0.3) is 10.2 Å². The van der Waals surface area contributed by atoms with Crippen LogP contribution in [0.1, 0.15) is 41.8 Å². The molecule has 0 spiro atoms. The summed E-state index contributed by atoms with van der Waals surface area (Å²) in [7, 11) is 0. The molecule has 0 radical (unpaired) electrons. The van der Waals surface area contributed by atoms with Gasteiger partial charge in [-0.15, -0.1) is 11.3 Å². The van der Waals surface area contributed by atoms with E-state index in [0.717, 1.165) is 57.7 Å². The smallest absolute Gasteiger partial charge is 0.234 e. The number of halogens is 1. The average Bonchev–Trinajstić information content (AvgIpc) is 3.28. The highest BCUT2D eigenvalue weighted by Gasteiger charge is 2.22. The fourth-order valence-electron chi connectivity index (χ4n) is 3.79. The van der Waals surface area contributed by atoms with Crippen LogP contribution in [0.2, 0.25) is 5.02 Å². The van der Waals surface area contributed by atoms with Gasteiger partial charge in [0.05, 0.1) is 5.75 Å².